The Balaban J connectivity index is 2.01. The molecular formula is C13H14INO2. The summed E-state index contributed by atoms with van der Waals surface area (Å²) in [7, 11) is 0. The van der Waals surface area contributed by atoms with Gasteiger partial charge in [-0.15, -0.1) is 0 Å². The van der Waals surface area contributed by atoms with E-state index in [9.17, 15) is 9.59 Å². The van der Waals surface area contributed by atoms with Gasteiger partial charge >= 0.3 is 0 Å². The summed E-state index contributed by atoms with van der Waals surface area (Å²) in [5.41, 5.74) is 0.684. The predicted molar refractivity (Wildman–Crippen MR) is 73.9 cm³/mol. The highest BCUT2D eigenvalue weighted by Gasteiger charge is 2.20. The van der Waals surface area contributed by atoms with Crippen molar-refractivity contribution in [3.05, 3.63) is 33.4 Å². The standard InChI is InChI=1S/C13H14INO2/c14-11-6-4-10(5-7-11)12(16)9-15-8-2-1-3-13(15)17/h4-7H,1-3,8-9H2. The van der Waals surface area contributed by atoms with E-state index in [-0.39, 0.29) is 18.2 Å². The van der Waals surface area contributed by atoms with E-state index >= 15 is 0 Å². The number of carbonyl (C=O) groups is 2. The van der Waals surface area contributed by atoms with E-state index in [1.807, 2.05) is 24.3 Å². The van der Waals surface area contributed by atoms with Crippen LogP contribution in [0.1, 0.15) is 29.6 Å². The van der Waals surface area contributed by atoms with Crippen molar-refractivity contribution >= 4 is 34.3 Å². The molecule has 1 aromatic rings. The molecule has 90 valence electrons. The maximum absolute atomic E-state index is 12.0. The molecule has 17 heavy (non-hydrogen) atoms. The molecule has 0 spiro atoms. The topological polar surface area (TPSA) is 37.4 Å². The fourth-order valence-electron chi connectivity index (χ4n) is 1.93. The number of nitrogens with zero attached hydrogens (tertiary/aromatic N) is 1. The average Bonchev–Trinajstić information content (AvgIpc) is 2.33. The van der Waals surface area contributed by atoms with Crippen LogP contribution in [-0.4, -0.2) is 29.7 Å². The Morgan fingerprint density at radius 3 is 2.59 bits per heavy atom. The van der Waals surface area contributed by atoms with Gasteiger partial charge in [0.1, 0.15) is 0 Å². The maximum Gasteiger partial charge on any atom is 0.222 e. The molecule has 0 unspecified atom stereocenters. The van der Waals surface area contributed by atoms with E-state index in [2.05, 4.69) is 22.6 Å². The minimum atomic E-state index is 0.0247. The van der Waals surface area contributed by atoms with E-state index in [1.54, 1.807) is 4.90 Å². The molecule has 0 N–H and O–H groups in total. The number of ketones is 1. The predicted octanol–water partition coefficient (Wildman–Crippen LogP) is 2.49. The third kappa shape index (κ3) is 3.28. The van der Waals surface area contributed by atoms with Gasteiger partial charge in [-0.1, -0.05) is 12.1 Å². The number of hydrogen-bond acceptors (Lipinski definition) is 2. The van der Waals surface area contributed by atoms with Crippen LogP contribution >= 0.6 is 22.6 Å². The van der Waals surface area contributed by atoms with E-state index in [4.69, 9.17) is 0 Å². The molecule has 1 aliphatic heterocycles. The smallest absolute Gasteiger partial charge is 0.222 e. The highest BCUT2D eigenvalue weighted by molar-refractivity contribution is 14.1. The van der Waals surface area contributed by atoms with Gasteiger partial charge in [0.25, 0.3) is 0 Å². The maximum atomic E-state index is 12.0. The third-order valence-corrected chi connectivity index (χ3v) is 3.64. The van der Waals surface area contributed by atoms with Crippen LogP contribution in [0.25, 0.3) is 0 Å². The van der Waals surface area contributed by atoms with Gasteiger partial charge in [0.15, 0.2) is 5.78 Å². The van der Waals surface area contributed by atoms with E-state index in [0.717, 1.165) is 23.0 Å². The van der Waals surface area contributed by atoms with Crippen molar-refractivity contribution in [1.29, 1.82) is 0 Å². The molecule has 4 heteroatoms. The summed E-state index contributed by atoms with van der Waals surface area (Å²) in [5, 5.41) is 0. The fourth-order valence-corrected chi connectivity index (χ4v) is 2.29. The molecule has 0 aromatic heterocycles. The van der Waals surface area contributed by atoms with Gasteiger partial charge in [0.05, 0.1) is 6.54 Å². The largest absolute Gasteiger partial charge is 0.335 e. The van der Waals surface area contributed by atoms with Gasteiger partial charge in [-0.3, -0.25) is 9.59 Å². The molecular weight excluding hydrogens is 329 g/mol. The van der Waals surface area contributed by atoms with Crippen molar-refractivity contribution in [1.82, 2.24) is 4.90 Å². The van der Waals surface area contributed by atoms with Gasteiger partial charge in [-0.05, 0) is 47.6 Å². The highest BCUT2D eigenvalue weighted by atomic mass is 127. The van der Waals surface area contributed by atoms with Gasteiger partial charge in [-0.25, -0.2) is 0 Å². The lowest BCUT2D eigenvalue weighted by molar-refractivity contribution is -0.132. The number of Topliss-reactive ketones (excluding diaryl/α,β-unsaturated/α-hetero) is 1. The molecule has 0 atom stereocenters. The van der Waals surface area contributed by atoms with Crippen molar-refractivity contribution in [2.24, 2.45) is 0 Å². The van der Waals surface area contributed by atoms with Gasteiger partial charge in [0, 0.05) is 22.1 Å². The second-order valence-corrected chi connectivity index (χ2v) is 5.45. The van der Waals surface area contributed by atoms with Crippen LogP contribution < -0.4 is 0 Å². The molecule has 0 bridgehead atoms. The van der Waals surface area contributed by atoms with Crippen molar-refractivity contribution in [2.75, 3.05) is 13.1 Å². The summed E-state index contributed by atoms with van der Waals surface area (Å²) < 4.78 is 1.10. The van der Waals surface area contributed by atoms with Crippen LogP contribution in [0.5, 0.6) is 0 Å². The van der Waals surface area contributed by atoms with Gasteiger partial charge in [-0.2, -0.15) is 0 Å². The monoisotopic (exact) mass is 343 g/mol. The van der Waals surface area contributed by atoms with Crippen LogP contribution in [-0.2, 0) is 4.79 Å². The Labute approximate surface area is 114 Å². The summed E-state index contributed by atoms with van der Waals surface area (Å²) in [6.07, 6.45) is 2.54. The normalized spacial score (nSPS) is 16.1. The zero-order valence-electron chi connectivity index (χ0n) is 9.49. The van der Waals surface area contributed by atoms with Crippen molar-refractivity contribution in [2.45, 2.75) is 19.3 Å². The highest BCUT2D eigenvalue weighted by Crippen LogP contribution is 2.12. The first-order chi connectivity index (χ1) is 8.16. The number of likely N-dealkylation sites (tertiary alicyclic amines) is 1. The molecule has 1 heterocycles. The first kappa shape index (κ1) is 12.5. The zero-order chi connectivity index (χ0) is 12.3. The molecule has 0 saturated carbocycles. The number of rotatable bonds is 3. The van der Waals surface area contributed by atoms with Crippen LogP contribution in [0, 0.1) is 3.57 Å². The number of halogens is 1. The number of carbonyl (C=O) groups excluding carboxylic acids is 2. The molecule has 1 aliphatic rings. The Bertz CT molecular complexity index is 428. The molecule has 1 saturated heterocycles. The Kier molecular flexibility index (Phi) is 4.15. The molecule has 3 nitrogen and oxygen atoms in total. The van der Waals surface area contributed by atoms with Crippen LogP contribution in [0.3, 0.4) is 0 Å². The molecule has 0 radical (unpaired) electrons. The molecule has 1 aromatic carbocycles. The second kappa shape index (κ2) is 5.62. The van der Waals surface area contributed by atoms with Crippen LogP contribution in [0.2, 0.25) is 0 Å². The van der Waals surface area contributed by atoms with Crippen molar-refractivity contribution < 1.29 is 9.59 Å². The lowest BCUT2D eigenvalue weighted by Crippen LogP contribution is -2.39. The first-order valence-corrected chi connectivity index (χ1v) is 6.81. The van der Waals surface area contributed by atoms with E-state index in [1.165, 1.54) is 0 Å². The summed E-state index contributed by atoms with van der Waals surface area (Å²) in [6.45, 7) is 0.939. The molecule has 2 rings (SSSR count). The molecule has 1 fully saturated rings. The minimum Gasteiger partial charge on any atom is -0.335 e. The number of benzene rings is 1. The minimum absolute atomic E-state index is 0.0247. The van der Waals surface area contributed by atoms with Crippen LogP contribution in [0.4, 0.5) is 0 Å². The zero-order valence-corrected chi connectivity index (χ0v) is 11.6. The molecule has 0 aliphatic carbocycles. The second-order valence-electron chi connectivity index (χ2n) is 4.20. The fraction of sp³-hybridized carbons (Fsp3) is 0.385. The first-order valence-electron chi connectivity index (χ1n) is 5.73. The average molecular weight is 343 g/mol. The number of piperidine rings is 1. The Morgan fingerprint density at radius 1 is 1.24 bits per heavy atom. The Morgan fingerprint density at radius 2 is 1.94 bits per heavy atom. The Hall–Kier alpha value is -0.910. The summed E-state index contributed by atoms with van der Waals surface area (Å²) in [4.78, 5) is 25.2. The van der Waals surface area contributed by atoms with Gasteiger partial charge < -0.3 is 4.90 Å². The lowest BCUT2D eigenvalue weighted by Gasteiger charge is -2.25. The quantitative estimate of drug-likeness (QED) is 0.625. The number of amides is 1. The third-order valence-electron chi connectivity index (χ3n) is 2.92. The molecule has 1 amide bonds. The summed E-state index contributed by atoms with van der Waals surface area (Å²) in [5.74, 6) is 0.131. The lowest BCUT2D eigenvalue weighted by atomic mass is 10.1. The number of hydrogen-bond donors (Lipinski definition) is 0. The summed E-state index contributed by atoms with van der Waals surface area (Å²) in [6, 6.07) is 7.45. The van der Waals surface area contributed by atoms with Crippen LogP contribution in [0.15, 0.2) is 24.3 Å². The van der Waals surface area contributed by atoms with E-state index in [0.29, 0.717) is 12.0 Å². The summed E-state index contributed by atoms with van der Waals surface area (Å²) >= 11 is 2.20. The van der Waals surface area contributed by atoms with Gasteiger partial charge in [0.2, 0.25) is 5.91 Å². The SMILES string of the molecule is O=C(CN1CCCCC1=O)c1ccc(I)cc1. The van der Waals surface area contributed by atoms with E-state index < -0.39 is 0 Å². The van der Waals surface area contributed by atoms with Crippen molar-refractivity contribution in [3.8, 4) is 0 Å². The van der Waals surface area contributed by atoms with Crippen molar-refractivity contribution in [3.63, 3.8) is 0 Å².